The van der Waals surface area contributed by atoms with Crippen molar-refractivity contribution in [3.05, 3.63) is 11.6 Å². The zero-order valence-electron chi connectivity index (χ0n) is 20.3. The number of carbonyl (C=O) groups is 1. The summed E-state index contributed by atoms with van der Waals surface area (Å²) in [5.74, 6) is 1.05. The standard InChI is InChI=1S/C19H28O2.C5H14NO4P/c1-18-9-7-13(20)11-12(18)3-4-14-15-5-6-17(21)19(15,2)10-8-16(14)18;1-6(2,3)4-5(7)11(8,9)10/h3,13-16,20H,4-11H2,1-2H3;5,7H,4H2,1-3H3,(H-,8,9,10)/p+1/t13-,14-,15-,16-,18-,19-;/m0./s1. The van der Waals surface area contributed by atoms with Crippen LogP contribution in [0.15, 0.2) is 11.6 Å². The Labute approximate surface area is 192 Å². The first-order valence-electron chi connectivity index (χ1n) is 12.0. The summed E-state index contributed by atoms with van der Waals surface area (Å²) < 4.78 is 10.8. The third kappa shape index (κ3) is 5.08. The largest absolute Gasteiger partial charge is 0.393 e. The van der Waals surface area contributed by atoms with Crippen LogP contribution in [0.2, 0.25) is 0 Å². The van der Waals surface area contributed by atoms with Crippen molar-refractivity contribution in [1.29, 1.82) is 0 Å². The Bertz CT molecular complexity index is 801. The van der Waals surface area contributed by atoms with E-state index in [0.717, 1.165) is 50.9 Å². The lowest BCUT2D eigenvalue weighted by atomic mass is 9.48. The lowest BCUT2D eigenvalue weighted by Crippen LogP contribution is -2.50. The minimum atomic E-state index is -4.31. The van der Waals surface area contributed by atoms with Crippen LogP contribution < -0.4 is 0 Å². The lowest BCUT2D eigenvalue weighted by Gasteiger charge is -2.56. The van der Waals surface area contributed by atoms with Gasteiger partial charge in [-0.05, 0) is 68.1 Å². The molecule has 4 N–H and O–H groups in total. The SMILES string of the molecule is C[C@]12CC[C@H](O)CC1=CC[C@@H]1[C@@H]2CC[C@]2(C)C(=O)CC[C@@H]12.C[N+](C)(C)CC(O)P(=O)(O)O. The first kappa shape index (κ1) is 26.1. The molecule has 4 aliphatic rings. The Morgan fingerprint density at radius 1 is 1.09 bits per heavy atom. The average Bonchev–Trinajstić information content (AvgIpc) is 2.96. The number of fused-ring (bicyclic) bond motifs is 5. The predicted molar refractivity (Wildman–Crippen MR) is 124 cm³/mol. The highest BCUT2D eigenvalue weighted by atomic mass is 31.2. The van der Waals surface area contributed by atoms with Gasteiger partial charge in [-0.25, -0.2) is 0 Å². The van der Waals surface area contributed by atoms with E-state index in [4.69, 9.17) is 14.9 Å². The van der Waals surface area contributed by atoms with Crippen LogP contribution >= 0.6 is 7.60 Å². The maximum absolute atomic E-state index is 12.4. The summed E-state index contributed by atoms with van der Waals surface area (Å²) in [7, 11) is 0.933. The van der Waals surface area contributed by atoms with Crippen LogP contribution in [-0.4, -0.2) is 69.9 Å². The monoisotopic (exact) mass is 472 g/mol. The number of hydrogen-bond donors (Lipinski definition) is 4. The molecule has 0 radical (unpaired) electrons. The van der Waals surface area contributed by atoms with Gasteiger partial charge in [-0.1, -0.05) is 25.5 Å². The number of aliphatic hydroxyl groups excluding tert-OH is 2. The van der Waals surface area contributed by atoms with Gasteiger partial charge < -0.3 is 24.5 Å². The van der Waals surface area contributed by atoms with Gasteiger partial charge in [0.05, 0.1) is 27.2 Å². The van der Waals surface area contributed by atoms with E-state index in [-0.39, 0.29) is 18.1 Å². The minimum absolute atomic E-state index is 0.0168. The van der Waals surface area contributed by atoms with E-state index >= 15 is 0 Å². The molecular formula is C24H43NO6P+. The molecule has 0 aromatic heterocycles. The number of aliphatic hydroxyl groups is 2. The van der Waals surface area contributed by atoms with Gasteiger partial charge in [-0.3, -0.25) is 9.36 Å². The molecule has 0 aromatic carbocycles. The second-order valence-corrected chi connectivity index (χ2v) is 13.9. The molecule has 184 valence electrons. The van der Waals surface area contributed by atoms with Crippen molar-refractivity contribution in [2.75, 3.05) is 27.7 Å². The Hall–Kier alpha value is -0.560. The van der Waals surface area contributed by atoms with Gasteiger partial charge in [0.1, 0.15) is 12.3 Å². The zero-order valence-corrected chi connectivity index (χ0v) is 21.2. The van der Waals surface area contributed by atoms with Gasteiger partial charge in [-0.15, -0.1) is 0 Å². The van der Waals surface area contributed by atoms with Crippen LogP contribution in [0.5, 0.6) is 0 Å². The summed E-state index contributed by atoms with van der Waals surface area (Å²) in [4.78, 5) is 29.4. The van der Waals surface area contributed by atoms with E-state index in [1.165, 1.54) is 12.0 Å². The van der Waals surface area contributed by atoms with Gasteiger partial charge in [0.25, 0.3) is 0 Å². The molecule has 0 aromatic rings. The molecule has 8 heteroatoms. The molecule has 0 saturated heterocycles. The van der Waals surface area contributed by atoms with Crippen molar-refractivity contribution in [3.8, 4) is 0 Å². The number of rotatable bonds is 3. The van der Waals surface area contributed by atoms with E-state index in [2.05, 4.69) is 19.9 Å². The molecule has 0 amide bonds. The number of quaternary nitrogens is 1. The second kappa shape index (κ2) is 8.90. The second-order valence-electron chi connectivity index (χ2n) is 12.1. The van der Waals surface area contributed by atoms with Crippen LogP contribution in [-0.2, 0) is 9.36 Å². The van der Waals surface area contributed by atoms with E-state index in [9.17, 15) is 14.5 Å². The van der Waals surface area contributed by atoms with Gasteiger partial charge in [-0.2, -0.15) is 0 Å². The maximum Gasteiger partial charge on any atom is 0.359 e. The lowest BCUT2D eigenvalue weighted by molar-refractivity contribution is -0.872. The highest BCUT2D eigenvalue weighted by Crippen LogP contribution is 2.63. The number of allylic oxidation sites excluding steroid dienone is 1. The van der Waals surface area contributed by atoms with Gasteiger partial charge in [0, 0.05) is 11.8 Å². The molecule has 4 aliphatic carbocycles. The zero-order chi connectivity index (χ0) is 24.1. The van der Waals surface area contributed by atoms with E-state index < -0.39 is 13.4 Å². The fourth-order valence-corrected chi connectivity index (χ4v) is 7.71. The molecule has 0 aliphatic heterocycles. The van der Waals surface area contributed by atoms with Gasteiger partial charge in [0.2, 0.25) is 5.85 Å². The van der Waals surface area contributed by atoms with Crippen molar-refractivity contribution in [2.24, 2.45) is 28.6 Å². The van der Waals surface area contributed by atoms with Crippen molar-refractivity contribution in [2.45, 2.75) is 77.2 Å². The molecule has 7 atom stereocenters. The first-order chi connectivity index (χ1) is 14.6. The molecule has 3 saturated carbocycles. The van der Waals surface area contributed by atoms with Crippen LogP contribution in [0.25, 0.3) is 0 Å². The number of hydrogen-bond acceptors (Lipinski definition) is 4. The fraction of sp³-hybridized carbons (Fsp3) is 0.875. The molecule has 32 heavy (non-hydrogen) atoms. The smallest absolute Gasteiger partial charge is 0.359 e. The summed E-state index contributed by atoms with van der Waals surface area (Å²) in [6.07, 6.45) is 10.7. The maximum atomic E-state index is 12.4. The third-order valence-electron chi connectivity index (χ3n) is 8.89. The summed E-state index contributed by atoms with van der Waals surface area (Å²) >= 11 is 0. The predicted octanol–water partition coefficient (Wildman–Crippen LogP) is 3.07. The van der Waals surface area contributed by atoms with Gasteiger partial charge in [0.15, 0.2) is 0 Å². The highest BCUT2D eigenvalue weighted by Gasteiger charge is 2.58. The van der Waals surface area contributed by atoms with E-state index in [1.54, 1.807) is 21.1 Å². The summed E-state index contributed by atoms with van der Waals surface area (Å²) in [5, 5.41) is 18.9. The molecular weight excluding hydrogens is 429 g/mol. The number of nitrogens with zero attached hydrogens (tertiary/aromatic N) is 1. The van der Waals surface area contributed by atoms with Crippen molar-refractivity contribution in [1.82, 2.24) is 0 Å². The normalized spacial score (nSPS) is 40.3. The van der Waals surface area contributed by atoms with Gasteiger partial charge >= 0.3 is 7.60 Å². The Morgan fingerprint density at radius 3 is 2.25 bits per heavy atom. The average molecular weight is 473 g/mol. The first-order valence-corrected chi connectivity index (χ1v) is 13.7. The molecule has 0 spiro atoms. The Morgan fingerprint density at radius 2 is 1.69 bits per heavy atom. The van der Waals surface area contributed by atoms with Crippen LogP contribution in [0.3, 0.4) is 0 Å². The third-order valence-corrected chi connectivity index (χ3v) is 9.83. The summed E-state index contributed by atoms with van der Waals surface area (Å²) in [6.45, 7) is 4.74. The van der Waals surface area contributed by atoms with Crippen molar-refractivity contribution < 1.29 is 33.8 Å². The molecule has 4 rings (SSSR count). The quantitative estimate of drug-likeness (QED) is 0.285. The molecule has 3 fully saturated rings. The molecule has 0 heterocycles. The Balaban J connectivity index is 0.000000226. The molecule has 1 unspecified atom stereocenters. The number of carbonyl (C=O) groups excluding carboxylic acids is 1. The van der Waals surface area contributed by atoms with Crippen molar-refractivity contribution in [3.63, 3.8) is 0 Å². The molecule has 0 bridgehead atoms. The number of ketones is 1. The van der Waals surface area contributed by atoms with E-state index in [1.807, 2.05) is 0 Å². The minimum Gasteiger partial charge on any atom is -0.393 e. The van der Waals surface area contributed by atoms with Crippen LogP contribution in [0.1, 0.15) is 65.2 Å². The van der Waals surface area contributed by atoms with Crippen LogP contribution in [0, 0.1) is 28.6 Å². The van der Waals surface area contributed by atoms with Crippen LogP contribution in [0.4, 0.5) is 0 Å². The molecule has 7 nitrogen and oxygen atoms in total. The van der Waals surface area contributed by atoms with Crippen molar-refractivity contribution >= 4 is 13.4 Å². The highest BCUT2D eigenvalue weighted by molar-refractivity contribution is 7.52. The summed E-state index contributed by atoms with van der Waals surface area (Å²) in [6, 6.07) is 0. The number of likely N-dealkylation sites (N-methyl/N-ethyl adjacent to an activating group) is 1. The summed E-state index contributed by atoms with van der Waals surface area (Å²) in [5.41, 5.74) is 1.81. The number of Topliss-reactive ketones (excluding diaryl/α,β-unsaturated/α-hetero) is 1. The topological polar surface area (TPSA) is 115 Å². The fourth-order valence-electron chi connectivity index (χ4n) is 7.01. The Kier molecular flexibility index (Phi) is 7.25. The van der Waals surface area contributed by atoms with E-state index in [0.29, 0.717) is 27.5 Å².